The van der Waals surface area contributed by atoms with Gasteiger partial charge >= 0.3 is 0 Å². The standard InChI is InChI=1S/C20H23N3OS2.ClH/c1-2-21-13-14-9-11-23(12-10-14)20(24)18-8-7-17(25-18)19-22-15-5-3-4-6-16(15)26-19;/h3-8,14,21H,2,9-13H2,1H3;1H. The van der Waals surface area contributed by atoms with Crippen molar-refractivity contribution >= 4 is 51.2 Å². The maximum atomic E-state index is 12.8. The number of nitrogens with zero attached hydrogens (tertiary/aromatic N) is 2. The molecule has 1 saturated heterocycles. The van der Waals surface area contributed by atoms with Crippen LogP contribution in [0.4, 0.5) is 0 Å². The molecule has 1 fully saturated rings. The molecule has 0 saturated carbocycles. The normalized spacial score (nSPS) is 15.1. The molecule has 3 heterocycles. The molecule has 0 unspecified atom stereocenters. The van der Waals surface area contributed by atoms with Gasteiger partial charge in [-0.25, -0.2) is 4.98 Å². The molecule has 3 aromatic rings. The zero-order valence-electron chi connectivity index (χ0n) is 15.3. The van der Waals surface area contributed by atoms with Crippen molar-refractivity contribution in [3.05, 3.63) is 41.3 Å². The van der Waals surface area contributed by atoms with Crippen LogP contribution in [0.5, 0.6) is 0 Å². The van der Waals surface area contributed by atoms with Crippen LogP contribution in [0, 0.1) is 5.92 Å². The molecule has 27 heavy (non-hydrogen) atoms. The van der Waals surface area contributed by atoms with E-state index >= 15 is 0 Å². The van der Waals surface area contributed by atoms with Crippen molar-refractivity contribution in [2.24, 2.45) is 5.92 Å². The highest BCUT2D eigenvalue weighted by molar-refractivity contribution is 7.26. The van der Waals surface area contributed by atoms with Crippen molar-refractivity contribution in [3.63, 3.8) is 0 Å². The Hall–Kier alpha value is -1.47. The van der Waals surface area contributed by atoms with Gasteiger partial charge in [0.1, 0.15) is 5.01 Å². The number of hydrogen-bond acceptors (Lipinski definition) is 5. The van der Waals surface area contributed by atoms with Crippen LogP contribution in [0.25, 0.3) is 20.1 Å². The summed E-state index contributed by atoms with van der Waals surface area (Å²) in [5.41, 5.74) is 1.02. The number of para-hydroxylation sites is 1. The molecule has 0 atom stereocenters. The van der Waals surface area contributed by atoms with E-state index in [4.69, 9.17) is 4.98 Å². The van der Waals surface area contributed by atoms with Crippen molar-refractivity contribution in [1.82, 2.24) is 15.2 Å². The number of carbonyl (C=O) groups excluding carboxylic acids is 1. The number of thiophene rings is 1. The maximum absolute atomic E-state index is 12.8. The van der Waals surface area contributed by atoms with Gasteiger partial charge in [-0.2, -0.15) is 0 Å². The minimum absolute atomic E-state index is 0. The summed E-state index contributed by atoms with van der Waals surface area (Å²) < 4.78 is 1.19. The monoisotopic (exact) mass is 421 g/mol. The average molecular weight is 422 g/mol. The summed E-state index contributed by atoms with van der Waals surface area (Å²) in [6, 6.07) is 12.2. The second-order valence-corrected chi connectivity index (χ2v) is 8.81. The van der Waals surface area contributed by atoms with Gasteiger partial charge in [-0.3, -0.25) is 4.79 Å². The Labute approximate surface area is 174 Å². The van der Waals surface area contributed by atoms with Gasteiger partial charge in [-0.15, -0.1) is 35.1 Å². The number of rotatable bonds is 5. The van der Waals surface area contributed by atoms with Gasteiger partial charge in [-0.1, -0.05) is 19.1 Å². The van der Waals surface area contributed by atoms with Crippen molar-refractivity contribution in [3.8, 4) is 9.88 Å². The molecule has 0 spiro atoms. The van der Waals surface area contributed by atoms with Crippen LogP contribution in [0.15, 0.2) is 36.4 Å². The molecule has 4 rings (SSSR count). The number of aromatic nitrogens is 1. The molecule has 0 bridgehead atoms. The van der Waals surface area contributed by atoms with E-state index in [0.29, 0.717) is 5.92 Å². The van der Waals surface area contributed by atoms with Gasteiger partial charge in [0.15, 0.2) is 0 Å². The van der Waals surface area contributed by atoms with Gasteiger partial charge in [-0.05, 0) is 56.1 Å². The highest BCUT2D eigenvalue weighted by Crippen LogP contribution is 2.35. The van der Waals surface area contributed by atoms with Crippen molar-refractivity contribution < 1.29 is 4.79 Å². The van der Waals surface area contributed by atoms with Gasteiger partial charge in [0, 0.05) is 13.1 Å². The second kappa shape index (κ2) is 9.15. The predicted molar refractivity (Wildman–Crippen MR) is 117 cm³/mol. The Morgan fingerprint density at radius 3 is 2.70 bits per heavy atom. The first-order valence-electron chi connectivity index (χ1n) is 9.20. The third-order valence-electron chi connectivity index (χ3n) is 4.91. The predicted octanol–water partition coefficient (Wildman–Crippen LogP) is 4.91. The Morgan fingerprint density at radius 2 is 1.96 bits per heavy atom. The van der Waals surface area contributed by atoms with E-state index in [1.807, 2.05) is 35.2 Å². The lowest BCUT2D eigenvalue weighted by atomic mass is 9.96. The number of amides is 1. The number of fused-ring (bicyclic) bond motifs is 1. The minimum atomic E-state index is 0. The number of hydrogen-bond donors (Lipinski definition) is 1. The smallest absolute Gasteiger partial charge is 0.263 e. The van der Waals surface area contributed by atoms with Crippen LogP contribution >= 0.6 is 35.1 Å². The number of piperidine rings is 1. The third-order valence-corrected chi connectivity index (χ3v) is 7.19. The molecular formula is C20H24ClN3OS2. The number of benzene rings is 1. The Balaban J connectivity index is 0.00000210. The van der Waals surface area contributed by atoms with E-state index in [1.54, 1.807) is 22.7 Å². The largest absolute Gasteiger partial charge is 0.338 e. The number of carbonyl (C=O) groups is 1. The Morgan fingerprint density at radius 1 is 1.19 bits per heavy atom. The fraction of sp³-hybridized carbons (Fsp3) is 0.400. The quantitative estimate of drug-likeness (QED) is 0.636. The van der Waals surface area contributed by atoms with Crippen molar-refractivity contribution in [1.29, 1.82) is 0 Å². The number of halogens is 1. The van der Waals surface area contributed by atoms with Crippen molar-refractivity contribution in [2.45, 2.75) is 19.8 Å². The summed E-state index contributed by atoms with van der Waals surface area (Å²) in [5.74, 6) is 0.866. The summed E-state index contributed by atoms with van der Waals surface area (Å²) in [6.07, 6.45) is 2.18. The molecule has 0 radical (unpaired) electrons. The van der Waals surface area contributed by atoms with E-state index in [1.165, 1.54) is 4.70 Å². The van der Waals surface area contributed by atoms with Gasteiger partial charge in [0.05, 0.1) is 20.0 Å². The molecule has 2 aromatic heterocycles. The Bertz CT molecular complexity index is 866. The van der Waals surface area contributed by atoms with Crippen LogP contribution in [-0.4, -0.2) is 42.0 Å². The van der Waals surface area contributed by atoms with Gasteiger partial charge in [0.2, 0.25) is 0 Å². The number of thiazole rings is 1. The van der Waals surface area contributed by atoms with Crippen LogP contribution in [0.3, 0.4) is 0 Å². The molecule has 4 nitrogen and oxygen atoms in total. The summed E-state index contributed by atoms with van der Waals surface area (Å²) >= 11 is 3.25. The van der Waals surface area contributed by atoms with Gasteiger partial charge in [0.25, 0.3) is 5.91 Å². The third kappa shape index (κ3) is 4.51. The van der Waals surface area contributed by atoms with E-state index in [-0.39, 0.29) is 18.3 Å². The maximum Gasteiger partial charge on any atom is 0.263 e. The Kier molecular flexibility index (Phi) is 6.87. The van der Waals surface area contributed by atoms with Crippen LogP contribution in [0.2, 0.25) is 0 Å². The molecule has 1 aliphatic heterocycles. The molecule has 0 aliphatic carbocycles. The summed E-state index contributed by atoms with van der Waals surface area (Å²) in [7, 11) is 0. The van der Waals surface area contributed by atoms with Crippen molar-refractivity contribution in [2.75, 3.05) is 26.2 Å². The average Bonchev–Trinajstić information content (AvgIpc) is 3.33. The topological polar surface area (TPSA) is 45.2 Å². The molecular weight excluding hydrogens is 398 g/mol. The first kappa shape index (κ1) is 20.3. The second-order valence-electron chi connectivity index (χ2n) is 6.69. The minimum Gasteiger partial charge on any atom is -0.338 e. The van der Waals surface area contributed by atoms with E-state index in [0.717, 1.165) is 59.3 Å². The molecule has 144 valence electrons. The summed E-state index contributed by atoms with van der Waals surface area (Å²) in [4.78, 5) is 21.5. The number of nitrogens with one attached hydrogen (secondary N) is 1. The molecule has 7 heteroatoms. The van der Waals surface area contributed by atoms with E-state index < -0.39 is 0 Å². The lowest BCUT2D eigenvalue weighted by molar-refractivity contribution is 0.0695. The van der Waals surface area contributed by atoms with Crippen LogP contribution in [-0.2, 0) is 0 Å². The molecule has 1 aliphatic rings. The first-order valence-corrected chi connectivity index (χ1v) is 10.8. The van der Waals surface area contributed by atoms with Crippen LogP contribution < -0.4 is 5.32 Å². The highest BCUT2D eigenvalue weighted by Gasteiger charge is 2.24. The lowest BCUT2D eigenvalue weighted by Crippen LogP contribution is -2.40. The zero-order valence-corrected chi connectivity index (χ0v) is 17.8. The van der Waals surface area contributed by atoms with E-state index in [2.05, 4.69) is 18.3 Å². The zero-order chi connectivity index (χ0) is 17.9. The van der Waals surface area contributed by atoms with E-state index in [9.17, 15) is 4.79 Å². The number of likely N-dealkylation sites (tertiary alicyclic amines) is 1. The fourth-order valence-corrected chi connectivity index (χ4v) is 5.38. The fourth-order valence-electron chi connectivity index (χ4n) is 3.39. The van der Waals surface area contributed by atoms with Gasteiger partial charge < -0.3 is 10.2 Å². The lowest BCUT2D eigenvalue weighted by Gasteiger charge is -2.31. The van der Waals surface area contributed by atoms with Crippen LogP contribution in [0.1, 0.15) is 29.4 Å². The highest BCUT2D eigenvalue weighted by atomic mass is 35.5. The molecule has 1 aromatic carbocycles. The summed E-state index contributed by atoms with van der Waals surface area (Å²) in [5, 5.41) is 4.42. The SMILES string of the molecule is CCNCC1CCN(C(=O)c2ccc(-c3nc4ccccc4s3)s2)CC1.Cl. The first-order chi connectivity index (χ1) is 12.7. The molecule has 1 amide bonds. The summed E-state index contributed by atoms with van der Waals surface area (Å²) in [6.45, 7) is 5.95. The molecule has 1 N–H and O–H groups in total.